The van der Waals surface area contributed by atoms with Crippen LogP contribution in [0.15, 0.2) is 54.9 Å². The van der Waals surface area contributed by atoms with Crippen molar-refractivity contribution in [1.82, 2.24) is 40.6 Å². The van der Waals surface area contributed by atoms with Crippen LogP contribution in [0.25, 0.3) is 0 Å². The number of carbonyl (C=O) groups is 4. The van der Waals surface area contributed by atoms with Crippen LogP contribution >= 0.6 is 0 Å². The number of hydrogen-bond acceptors (Lipinski definition) is 7. The van der Waals surface area contributed by atoms with E-state index in [0.717, 1.165) is 5.56 Å². The summed E-state index contributed by atoms with van der Waals surface area (Å²) in [7, 11) is 0. The summed E-state index contributed by atoms with van der Waals surface area (Å²) in [5.41, 5.74) is 1.27. The second-order valence-corrected chi connectivity index (χ2v) is 10.6. The molecular weight excluding hydrogens is 524 g/mol. The number of aromatic nitrogens is 4. The highest BCUT2D eigenvalue weighted by atomic mass is 16.2. The summed E-state index contributed by atoms with van der Waals surface area (Å²) in [4.78, 5) is 63.2. The first-order valence-electron chi connectivity index (χ1n) is 13.6. The third-order valence-electron chi connectivity index (χ3n) is 6.88. The second-order valence-electron chi connectivity index (χ2n) is 10.6. The Morgan fingerprint density at radius 2 is 1.73 bits per heavy atom. The van der Waals surface area contributed by atoms with Gasteiger partial charge in [0.25, 0.3) is 5.91 Å². The summed E-state index contributed by atoms with van der Waals surface area (Å²) >= 11 is 0. The van der Waals surface area contributed by atoms with Crippen LogP contribution in [-0.4, -0.2) is 73.5 Å². The van der Waals surface area contributed by atoms with Crippen LogP contribution in [0.1, 0.15) is 54.4 Å². The Morgan fingerprint density at radius 3 is 2.41 bits per heavy atom. The van der Waals surface area contributed by atoms with E-state index in [4.69, 9.17) is 0 Å². The maximum atomic E-state index is 13.6. The molecule has 0 unspecified atom stereocenters. The summed E-state index contributed by atoms with van der Waals surface area (Å²) in [6, 6.07) is 10.9. The predicted molar refractivity (Wildman–Crippen MR) is 150 cm³/mol. The van der Waals surface area contributed by atoms with Crippen molar-refractivity contribution in [2.75, 3.05) is 13.1 Å². The summed E-state index contributed by atoms with van der Waals surface area (Å²) in [5, 5.41) is 13.1. The number of fused-ring (bicyclic) bond motifs is 1. The van der Waals surface area contributed by atoms with Gasteiger partial charge in [0.1, 0.15) is 18.4 Å². The fourth-order valence-corrected chi connectivity index (χ4v) is 4.66. The van der Waals surface area contributed by atoms with Crippen LogP contribution in [0.5, 0.6) is 0 Å². The first kappa shape index (κ1) is 29.4. The van der Waals surface area contributed by atoms with Crippen molar-refractivity contribution in [3.63, 3.8) is 0 Å². The lowest BCUT2D eigenvalue weighted by atomic mass is 10.0. The Labute approximate surface area is 238 Å². The highest BCUT2D eigenvalue weighted by Crippen LogP contribution is 2.18. The van der Waals surface area contributed by atoms with Gasteiger partial charge in [0, 0.05) is 25.0 Å². The lowest BCUT2D eigenvalue weighted by molar-refractivity contribution is -0.129. The van der Waals surface area contributed by atoms with E-state index in [1.54, 1.807) is 32.2 Å². The van der Waals surface area contributed by atoms with Crippen molar-refractivity contribution in [3.8, 4) is 0 Å². The van der Waals surface area contributed by atoms with E-state index in [1.165, 1.54) is 15.8 Å². The molecule has 1 aliphatic rings. The van der Waals surface area contributed by atoms with Crippen LogP contribution in [0.3, 0.4) is 0 Å². The average molecular weight is 561 g/mol. The standard InChI is InChI=1S/C29H36N8O4/c1-18(2)24-15-36(29(41)22-11-8-12-30-14-22)16-25(38)33-23(13-21-9-6-5-7-10-21)27-32-20(4)35-37(27)17-26(39)31-19(3)28(40)34-24/h5-12,14,18-19,23-24H,13,15-17H2,1-4H3,(H,31,39)(H,33,38)(H,34,40)/t19-,23+,24-/m1/s1. The quantitative estimate of drug-likeness (QED) is 0.434. The number of rotatable bonds is 4. The molecule has 2 aromatic heterocycles. The molecule has 1 aromatic carbocycles. The SMILES string of the molecule is Cc1nc2n(n1)CC(=O)N[C@H](C)C(=O)N[C@@H](C(C)C)CN(C(=O)c1cccnc1)CC(=O)N[C@H]2Cc1ccccc1. The Morgan fingerprint density at radius 1 is 1.00 bits per heavy atom. The minimum Gasteiger partial charge on any atom is -0.350 e. The van der Waals surface area contributed by atoms with E-state index < -0.39 is 41.8 Å². The number of carbonyl (C=O) groups excluding carboxylic acids is 4. The monoisotopic (exact) mass is 560 g/mol. The number of pyridine rings is 1. The number of hydrogen-bond donors (Lipinski definition) is 3. The Balaban J connectivity index is 1.73. The lowest BCUT2D eigenvalue weighted by Crippen LogP contribution is -2.54. The third-order valence-corrected chi connectivity index (χ3v) is 6.88. The van der Waals surface area contributed by atoms with Crippen LogP contribution in [-0.2, 0) is 27.3 Å². The van der Waals surface area contributed by atoms with Gasteiger partial charge in [-0.2, -0.15) is 5.10 Å². The number of benzene rings is 1. The van der Waals surface area contributed by atoms with Gasteiger partial charge < -0.3 is 20.9 Å². The van der Waals surface area contributed by atoms with Crippen molar-refractivity contribution in [3.05, 3.63) is 77.6 Å². The molecule has 0 fully saturated rings. The van der Waals surface area contributed by atoms with Crippen LogP contribution in [0.2, 0.25) is 0 Å². The van der Waals surface area contributed by atoms with Crippen molar-refractivity contribution < 1.29 is 19.2 Å². The molecule has 0 saturated carbocycles. The summed E-state index contributed by atoms with van der Waals surface area (Å²) < 4.78 is 1.44. The molecule has 12 heteroatoms. The van der Waals surface area contributed by atoms with Crippen molar-refractivity contribution >= 4 is 23.6 Å². The zero-order valence-corrected chi connectivity index (χ0v) is 23.7. The largest absolute Gasteiger partial charge is 0.350 e. The highest BCUT2D eigenvalue weighted by molar-refractivity contribution is 5.96. The van der Waals surface area contributed by atoms with E-state index in [0.29, 0.717) is 23.6 Å². The molecule has 4 amide bonds. The molecule has 12 nitrogen and oxygen atoms in total. The Bertz CT molecular complexity index is 1380. The van der Waals surface area contributed by atoms with Gasteiger partial charge in [-0.1, -0.05) is 44.2 Å². The van der Waals surface area contributed by atoms with Gasteiger partial charge in [0.15, 0.2) is 5.82 Å². The fraction of sp³-hybridized carbons (Fsp3) is 0.414. The topological polar surface area (TPSA) is 151 Å². The summed E-state index contributed by atoms with van der Waals surface area (Å²) in [5.74, 6) is -0.885. The molecule has 0 spiro atoms. The maximum Gasteiger partial charge on any atom is 0.255 e. The molecule has 41 heavy (non-hydrogen) atoms. The molecule has 0 saturated heterocycles. The fourth-order valence-electron chi connectivity index (χ4n) is 4.66. The number of aryl methyl sites for hydroxylation is 1. The van der Waals surface area contributed by atoms with Gasteiger partial charge in [-0.15, -0.1) is 0 Å². The molecule has 4 rings (SSSR count). The molecular formula is C29H36N8O4. The van der Waals surface area contributed by atoms with E-state index in [-0.39, 0.29) is 25.6 Å². The molecule has 1 aliphatic heterocycles. The predicted octanol–water partition coefficient (Wildman–Crippen LogP) is 1.18. The van der Waals surface area contributed by atoms with Gasteiger partial charge >= 0.3 is 0 Å². The average Bonchev–Trinajstić information content (AvgIpc) is 3.31. The normalized spacial score (nSPS) is 20.8. The zero-order valence-electron chi connectivity index (χ0n) is 23.7. The Hall–Kier alpha value is -4.61. The van der Waals surface area contributed by atoms with Crippen molar-refractivity contribution in [2.24, 2.45) is 5.92 Å². The number of nitrogens with zero attached hydrogens (tertiary/aromatic N) is 5. The molecule has 3 aromatic rings. The lowest BCUT2D eigenvalue weighted by Gasteiger charge is -2.31. The van der Waals surface area contributed by atoms with Crippen LogP contribution < -0.4 is 16.0 Å². The van der Waals surface area contributed by atoms with E-state index in [9.17, 15) is 19.2 Å². The van der Waals surface area contributed by atoms with Gasteiger partial charge in [0.2, 0.25) is 17.7 Å². The highest BCUT2D eigenvalue weighted by Gasteiger charge is 2.30. The van der Waals surface area contributed by atoms with Gasteiger partial charge in [-0.05, 0) is 43.9 Å². The van der Waals surface area contributed by atoms with Gasteiger partial charge in [-0.3, -0.25) is 24.2 Å². The first-order valence-corrected chi connectivity index (χ1v) is 13.6. The van der Waals surface area contributed by atoms with E-state index in [2.05, 4.69) is 31.0 Å². The molecule has 3 heterocycles. The maximum absolute atomic E-state index is 13.6. The van der Waals surface area contributed by atoms with E-state index >= 15 is 0 Å². The molecule has 0 bridgehead atoms. The molecule has 0 aliphatic carbocycles. The summed E-state index contributed by atoms with van der Waals surface area (Å²) in [6.07, 6.45) is 3.39. The minimum atomic E-state index is -0.843. The number of amides is 4. The molecule has 3 atom stereocenters. The second kappa shape index (κ2) is 13.2. The minimum absolute atomic E-state index is 0.0733. The molecule has 216 valence electrons. The third kappa shape index (κ3) is 7.74. The zero-order chi connectivity index (χ0) is 29.5. The Kier molecular flexibility index (Phi) is 9.43. The van der Waals surface area contributed by atoms with Gasteiger partial charge in [0.05, 0.1) is 18.2 Å². The smallest absolute Gasteiger partial charge is 0.255 e. The van der Waals surface area contributed by atoms with Crippen molar-refractivity contribution in [1.29, 1.82) is 0 Å². The van der Waals surface area contributed by atoms with Gasteiger partial charge in [-0.25, -0.2) is 9.67 Å². The van der Waals surface area contributed by atoms with Crippen LogP contribution in [0.4, 0.5) is 0 Å². The van der Waals surface area contributed by atoms with E-state index in [1.807, 2.05) is 44.2 Å². The first-order chi connectivity index (χ1) is 19.6. The molecule has 0 radical (unpaired) electrons. The molecule has 3 N–H and O–H groups in total. The van der Waals surface area contributed by atoms with Crippen molar-refractivity contribution in [2.45, 2.75) is 58.8 Å². The number of nitrogens with one attached hydrogen (secondary N) is 3. The van der Waals surface area contributed by atoms with Crippen LogP contribution in [0, 0.1) is 12.8 Å². The summed E-state index contributed by atoms with van der Waals surface area (Å²) in [6.45, 7) is 6.75.